The average Bonchev–Trinajstić information content (AvgIpc) is 3.19. The summed E-state index contributed by atoms with van der Waals surface area (Å²) in [5, 5.41) is 9.11. The van der Waals surface area contributed by atoms with Gasteiger partial charge in [0.2, 0.25) is 0 Å². The monoisotopic (exact) mass is 660 g/mol. The molecule has 0 spiro atoms. The number of hydrogen-bond donors (Lipinski definition) is 0. The summed E-state index contributed by atoms with van der Waals surface area (Å²) in [5.74, 6) is 0.147. The number of nitriles is 1. The molecule has 46 heavy (non-hydrogen) atoms. The minimum Gasteiger partial charge on any atom is -0.492 e. The van der Waals surface area contributed by atoms with E-state index >= 15 is 0 Å². The first-order valence-electron chi connectivity index (χ1n) is 15.3. The van der Waals surface area contributed by atoms with E-state index in [4.69, 9.17) is 27.0 Å². The van der Waals surface area contributed by atoms with Gasteiger partial charge in [-0.15, -0.1) is 0 Å². The van der Waals surface area contributed by atoms with E-state index in [-0.39, 0.29) is 22.9 Å². The van der Waals surface area contributed by atoms with Gasteiger partial charge in [-0.05, 0) is 75.7 Å². The van der Waals surface area contributed by atoms with Gasteiger partial charge in [0, 0.05) is 37.9 Å². The first-order valence-corrected chi connectivity index (χ1v) is 15.7. The van der Waals surface area contributed by atoms with E-state index in [1.54, 1.807) is 35.8 Å². The highest BCUT2D eigenvalue weighted by Crippen LogP contribution is 2.40. The number of ether oxygens (including phenoxy) is 2. The maximum absolute atomic E-state index is 13.6. The van der Waals surface area contributed by atoms with Gasteiger partial charge < -0.3 is 19.3 Å². The Hall–Kier alpha value is -3.96. The lowest BCUT2D eigenvalue weighted by Gasteiger charge is -2.39. The van der Waals surface area contributed by atoms with Gasteiger partial charge in [-0.1, -0.05) is 20.3 Å². The van der Waals surface area contributed by atoms with Crippen LogP contribution in [0.3, 0.4) is 0 Å². The molecule has 0 unspecified atom stereocenters. The molecule has 2 aromatic rings. The van der Waals surface area contributed by atoms with E-state index in [1.807, 2.05) is 26.8 Å². The number of rotatable bonds is 10. The number of aryl methyl sites for hydroxylation is 1. The Bertz CT molecular complexity index is 1510. The Morgan fingerprint density at radius 2 is 1.91 bits per heavy atom. The molecule has 1 atom stereocenters. The quantitative estimate of drug-likeness (QED) is 0.232. The fraction of sp³-hybridized carbons (Fsp3) is 0.531. The largest absolute Gasteiger partial charge is 0.492 e. The number of hydrogen-bond acceptors (Lipinski definition) is 8. The number of anilines is 2. The number of unbranched alkanes of at least 4 members (excludes halogenated alkanes) is 1. The molecular formula is C32H39F3N6O4S. The molecule has 0 radical (unpaired) electrons. The third kappa shape index (κ3) is 7.20. The van der Waals surface area contributed by atoms with Crippen molar-refractivity contribution in [3.8, 4) is 11.8 Å². The molecule has 14 heteroatoms. The second kappa shape index (κ2) is 14.2. The van der Waals surface area contributed by atoms with Crippen LogP contribution in [0.15, 0.2) is 30.5 Å². The molecule has 1 aromatic carbocycles. The number of aromatic nitrogens is 1. The van der Waals surface area contributed by atoms with Gasteiger partial charge in [-0.25, -0.2) is 9.78 Å². The molecule has 0 N–H and O–H groups in total. The summed E-state index contributed by atoms with van der Waals surface area (Å²) in [4.78, 5) is 36.3. The smallest absolute Gasteiger partial charge is 0.419 e. The van der Waals surface area contributed by atoms with Gasteiger partial charge >= 0.3 is 12.3 Å². The highest BCUT2D eigenvalue weighted by atomic mass is 32.1. The number of thiocarbonyl (C=S) groups is 1. The number of alkyl halides is 3. The number of piperazine rings is 1. The number of carbonyl (C=O) groups is 2. The van der Waals surface area contributed by atoms with Crippen molar-refractivity contribution in [2.24, 2.45) is 0 Å². The highest BCUT2D eigenvalue weighted by molar-refractivity contribution is 7.81. The van der Waals surface area contributed by atoms with Crippen molar-refractivity contribution in [2.75, 3.05) is 49.2 Å². The van der Waals surface area contributed by atoms with Crippen LogP contribution in [0.25, 0.3) is 0 Å². The maximum Gasteiger partial charge on any atom is 0.419 e. The first kappa shape index (κ1) is 34.9. The van der Waals surface area contributed by atoms with Crippen LogP contribution in [0.4, 0.5) is 29.3 Å². The van der Waals surface area contributed by atoms with Crippen molar-refractivity contribution < 1.29 is 32.2 Å². The lowest BCUT2D eigenvalue weighted by molar-refractivity contribution is -0.138. The van der Waals surface area contributed by atoms with Gasteiger partial charge in [-0.3, -0.25) is 14.6 Å². The molecule has 0 aliphatic carbocycles. The summed E-state index contributed by atoms with van der Waals surface area (Å²) < 4.78 is 52.5. The summed E-state index contributed by atoms with van der Waals surface area (Å²) >= 11 is 5.65. The standard InChI is InChI=1S/C32H39F3N6O4S/c1-6-8-14-45-30(43)39-12-11-38(20-21(39)3)13-15-44-27-10-9-23(16-22(27)7-2)41-29(46)40(28(42)31(41,4)5)24-17-25(32(33,34)35)26(18-36)37-19-24/h9-10,16-17,19,21H,6-8,11-15,20H2,1-5H3/t21-/m0/s1. The number of amides is 2. The predicted octanol–water partition coefficient (Wildman–Crippen LogP) is 5.77. The Morgan fingerprint density at radius 1 is 1.17 bits per heavy atom. The second-order valence-electron chi connectivity index (χ2n) is 11.8. The third-order valence-corrected chi connectivity index (χ3v) is 8.59. The summed E-state index contributed by atoms with van der Waals surface area (Å²) in [6.07, 6.45) is -1.63. The Labute approximate surface area is 272 Å². The van der Waals surface area contributed by atoms with Crippen molar-refractivity contribution in [3.63, 3.8) is 0 Å². The van der Waals surface area contributed by atoms with E-state index in [9.17, 15) is 22.8 Å². The predicted molar refractivity (Wildman–Crippen MR) is 171 cm³/mol. The number of pyridine rings is 1. The zero-order valence-electron chi connectivity index (χ0n) is 26.7. The maximum atomic E-state index is 13.6. The average molecular weight is 661 g/mol. The van der Waals surface area contributed by atoms with E-state index in [0.717, 1.165) is 35.6 Å². The van der Waals surface area contributed by atoms with Crippen molar-refractivity contribution in [2.45, 2.75) is 71.6 Å². The Balaban J connectivity index is 1.44. The van der Waals surface area contributed by atoms with Crippen molar-refractivity contribution >= 4 is 40.7 Å². The molecule has 2 fully saturated rings. The summed E-state index contributed by atoms with van der Waals surface area (Å²) in [6, 6.07) is 7.63. The van der Waals surface area contributed by atoms with Crippen molar-refractivity contribution in [3.05, 3.63) is 47.3 Å². The number of carbonyl (C=O) groups excluding carboxylic acids is 2. The minimum atomic E-state index is -4.84. The van der Waals surface area contributed by atoms with Gasteiger partial charge in [0.25, 0.3) is 5.91 Å². The molecule has 2 aliphatic rings. The first-order chi connectivity index (χ1) is 21.7. The van der Waals surface area contributed by atoms with Gasteiger partial charge in [-0.2, -0.15) is 18.4 Å². The molecule has 10 nitrogen and oxygen atoms in total. The Morgan fingerprint density at radius 3 is 2.54 bits per heavy atom. The van der Waals surface area contributed by atoms with Crippen LogP contribution in [0.5, 0.6) is 5.75 Å². The molecule has 248 valence electrons. The molecule has 4 rings (SSSR count). The molecule has 2 amide bonds. The van der Waals surface area contributed by atoms with Crippen LogP contribution in [-0.2, 0) is 22.1 Å². The lowest BCUT2D eigenvalue weighted by Crippen LogP contribution is -2.54. The van der Waals surface area contributed by atoms with Crippen LogP contribution in [-0.4, -0.2) is 82.9 Å². The topological polar surface area (TPSA) is 102 Å². The number of halogens is 3. The molecule has 0 saturated carbocycles. The molecule has 2 saturated heterocycles. The normalized spacial score (nSPS) is 18.6. The third-order valence-electron chi connectivity index (χ3n) is 8.23. The second-order valence-corrected chi connectivity index (χ2v) is 12.2. The van der Waals surface area contributed by atoms with Crippen LogP contribution in [0, 0.1) is 11.3 Å². The molecule has 2 aliphatic heterocycles. The molecule has 1 aromatic heterocycles. The van der Waals surface area contributed by atoms with Gasteiger partial charge in [0.05, 0.1) is 24.1 Å². The molecule has 0 bridgehead atoms. The highest BCUT2D eigenvalue weighted by Gasteiger charge is 2.51. The summed E-state index contributed by atoms with van der Waals surface area (Å²) in [7, 11) is 0. The van der Waals surface area contributed by atoms with Gasteiger partial charge in [0.1, 0.15) is 24.0 Å². The van der Waals surface area contributed by atoms with Crippen LogP contribution >= 0.6 is 12.2 Å². The van der Waals surface area contributed by atoms with E-state index in [1.165, 1.54) is 6.07 Å². The van der Waals surface area contributed by atoms with E-state index in [0.29, 0.717) is 57.3 Å². The van der Waals surface area contributed by atoms with Crippen LogP contribution < -0.4 is 14.5 Å². The fourth-order valence-corrected chi connectivity index (χ4v) is 6.16. The lowest BCUT2D eigenvalue weighted by atomic mass is 10.0. The number of nitrogens with zero attached hydrogens (tertiary/aromatic N) is 6. The van der Waals surface area contributed by atoms with E-state index in [2.05, 4.69) is 9.88 Å². The SMILES string of the molecule is CCCCOC(=O)N1CCN(CCOc2ccc(N3C(=S)N(c4cnc(C#N)c(C(F)(F)F)c4)C(=O)C3(C)C)cc2CC)C[C@@H]1C. The zero-order chi connectivity index (χ0) is 33.8. The van der Waals surface area contributed by atoms with Crippen LogP contribution in [0.2, 0.25) is 0 Å². The van der Waals surface area contributed by atoms with Crippen molar-refractivity contribution in [1.82, 2.24) is 14.8 Å². The van der Waals surface area contributed by atoms with Crippen LogP contribution in [0.1, 0.15) is 64.3 Å². The minimum absolute atomic E-state index is 0.00661. The zero-order valence-corrected chi connectivity index (χ0v) is 27.5. The van der Waals surface area contributed by atoms with Gasteiger partial charge in [0.15, 0.2) is 10.8 Å². The summed E-state index contributed by atoms with van der Waals surface area (Å²) in [5.41, 5.74) is -1.96. The van der Waals surface area contributed by atoms with Crippen molar-refractivity contribution in [1.29, 1.82) is 5.26 Å². The fourth-order valence-electron chi connectivity index (χ4n) is 5.64. The molecular weight excluding hydrogens is 621 g/mol. The molecule has 3 heterocycles. The Kier molecular flexibility index (Phi) is 10.8. The number of benzene rings is 1. The van der Waals surface area contributed by atoms with E-state index < -0.39 is 28.9 Å². The summed E-state index contributed by atoms with van der Waals surface area (Å²) in [6.45, 7) is 12.8.